The molecule has 1 saturated carbocycles. The monoisotopic (exact) mass is 445 g/mol. The van der Waals surface area contributed by atoms with Gasteiger partial charge in [-0.25, -0.2) is 21.6 Å². The van der Waals surface area contributed by atoms with E-state index in [0.29, 0.717) is 25.1 Å². The first-order chi connectivity index (χ1) is 14.2. The second-order valence-electron chi connectivity index (χ2n) is 7.87. The first-order valence-corrected chi connectivity index (χ1v) is 11.4. The van der Waals surface area contributed by atoms with Gasteiger partial charge in [0.15, 0.2) is 17.5 Å². The number of rotatable bonds is 4. The number of carbonyl (C=O) groups is 2. The molecule has 7 nitrogen and oxygen atoms in total. The van der Waals surface area contributed by atoms with Crippen LogP contribution in [0, 0.1) is 23.4 Å². The molecule has 164 valence electrons. The summed E-state index contributed by atoms with van der Waals surface area (Å²) in [5.41, 5.74) is 0. The molecule has 0 bridgehead atoms. The molecule has 11 heteroatoms. The highest BCUT2D eigenvalue weighted by atomic mass is 32.2. The number of carbonyl (C=O) groups excluding carboxylic acids is 2. The number of sulfonamides is 1. The number of halogens is 3. The van der Waals surface area contributed by atoms with Gasteiger partial charge < -0.3 is 9.80 Å². The van der Waals surface area contributed by atoms with Gasteiger partial charge in [0, 0.05) is 38.6 Å². The van der Waals surface area contributed by atoms with Crippen molar-refractivity contribution in [2.45, 2.75) is 36.6 Å². The fourth-order valence-corrected chi connectivity index (χ4v) is 5.54. The highest BCUT2D eigenvalue weighted by Gasteiger charge is 2.43. The Labute approximate surface area is 172 Å². The van der Waals surface area contributed by atoms with Crippen molar-refractivity contribution in [3.8, 4) is 0 Å². The molecular formula is C19H22F3N3O4S. The molecule has 3 aliphatic rings. The summed E-state index contributed by atoms with van der Waals surface area (Å²) in [5.74, 6) is -5.24. The quantitative estimate of drug-likeness (QED) is 0.656. The highest BCUT2D eigenvalue weighted by molar-refractivity contribution is 7.89. The summed E-state index contributed by atoms with van der Waals surface area (Å²) < 4.78 is 66.9. The lowest BCUT2D eigenvalue weighted by molar-refractivity contribution is -0.145. The Morgan fingerprint density at radius 2 is 1.53 bits per heavy atom. The van der Waals surface area contributed by atoms with Gasteiger partial charge in [0.05, 0.1) is 0 Å². The van der Waals surface area contributed by atoms with Crippen LogP contribution in [-0.4, -0.2) is 73.1 Å². The van der Waals surface area contributed by atoms with E-state index in [-0.39, 0.29) is 43.9 Å². The fraction of sp³-hybridized carbons (Fsp3) is 0.579. The minimum absolute atomic E-state index is 0.0147. The van der Waals surface area contributed by atoms with Crippen LogP contribution < -0.4 is 0 Å². The van der Waals surface area contributed by atoms with E-state index < -0.39 is 38.4 Å². The minimum atomic E-state index is -4.38. The molecule has 0 N–H and O–H groups in total. The van der Waals surface area contributed by atoms with Gasteiger partial charge in [0.1, 0.15) is 10.9 Å². The number of amides is 2. The SMILES string of the molecule is O=C(C1CCCN1C(=O)C1CC1)N1CCN(S(=O)(=O)c2ccc(F)c(F)c2F)CC1. The summed E-state index contributed by atoms with van der Waals surface area (Å²) in [6.07, 6.45) is 3.04. The molecule has 0 radical (unpaired) electrons. The Hall–Kier alpha value is -2.14. The van der Waals surface area contributed by atoms with Gasteiger partial charge in [-0.2, -0.15) is 4.31 Å². The second kappa shape index (κ2) is 7.84. The molecule has 2 aliphatic heterocycles. The molecule has 4 rings (SSSR count). The van der Waals surface area contributed by atoms with Crippen LogP contribution in [0.4, 0.5) is 13.2 Å². The Bertz CT molecular complexity index is 975. The summed E-state index contributed by atoms with van der Waals surface area (Å²) >= 11 is 0. The van der Waals surface area contributed by atoms with Crippen molar-refractivity contribution in [1.82, 2.24) is 14.1 Å². The normalized spacial score (nSPS) is 23.1. The number of hydrogen-bond donors (Lipinski definition) is 0. The lowest BCUT2D eigenvalue weighted by Crippen LogP contribution is -2.55. The van der Waals surface area contributed by atoms with E-state index in [9.17, 15) is 31.2 Å². The van der Waals surface area contributed by atoms with Crippen molar-refractivity contribution in [3.05, 3.63) is 29.6 Å². The average molecular weight is 445 g/mol. The minimum Gasteiger partial charge on any atom is -0.338 e. The summed E-state index contributed by atoms with van der Waals surface area (Å²) in [4.78, 5) is 27.6. The Morgan fingerprint density at radius 3 is 2.17 bits per heavy atom. The van der Waals surface area contributed by atoms with Crippen molar-refractivity contribution in [2.75, 3.05) is 32.7 Å². The third kappa shape index (κ3) is 3.68. The zero-order valence-corrected chi connectivity index (χ0v) is 17.0. The summed E-state index contributed by atoms with van der Waals surface area (Å²) in [7, 11) is -4.38. The number of likely N-dealkylation sites (tertiary alicyclic amines) is 1. The van der Waals surface area contributed by atoms with Gasteiger partial charge in [0.2, 0.25) is 21.8 Å². The maximum absolute atomic E-state index is 14.0. The van der Waals surface area contributed by atoms with Crippen LogP contribution in [0.3, 0.4) is 0 Å². The predicted octanol–water partition coefficient (Wildman–Crippen LogP) is 1.34. The molecule has 0 aromatic heterocycles. The van der Waals surface area contributed by atoms with Crippen LogP contribution in [0.5, 0.6) is 0 Å². The smallest absolute Gasteiger partial charge is 0.246 e. The van der Waals surface area contributed by atoms with Crippen LogP contribution in [0.2, 0.25) is 0 Å². The number of piperazine rings is 1. The van der Waals surface area contributed by atoms with Crippen LogP contribution in [0.25, 0.3) is 0 Å². The molecule has 30 heavy (non-hydrogen) atoms. The standard InChI is InChI=1S/C19H22F3N3O4S/c20-13-5-6-15(17(22)16(13)21)30(28,29)24-10-8-23(9-11-24)19(27)14-2-1-7-25(14)18(26)12-3-4-12/h5-6,12,14H,1-4,7-11H2. The van der Waals surface area contributed by atoms with E-state index in [0.717, 1.165) is 23.6 Å². The number of nitrogens with zero attached hydrogens (tertiary/aromatic N) is 3. The predicted molar refractivity (Wildman–Crippen MR) is 99.1 cm³/mol. The molecule has 1 aromatic rings. The van der Waals surface area contributed by atoms with Gasteiger partial charge in [0.25, 0.3) is 0 Å². The molecule has 2 amide bonds. The molecule has 1 aromatic carbocycles. The third-order valence-electron chi connectivity index (χ3n) is 5.92. The largest absolute Gasteiger partial charge is 0.338 e. The van der Waals surface area contributed by atoms with E-state index in [1.165, 1.54) is 4.90 Å². The fourth-order valence-electron chi connectivity index (χ4n) is 4.06. The Kier molecular flexibility index (Phi) is 5.52. The van der Waals surface area contributed by atoms with Crippen molar-refractivity contribution < 1.29 is 31.2 Å². The van der Waals surface area contributed by atoms with Crippen molar-refractivity contribution in [3.63, 3.8) is 0 Å². The first kappa shape index (κ1) is 21.1. The van der Waals surface area contributed by atoms with Crippen LogP contribution in [0.15, 0.2) is 17.0 Å². The molecule has 1 atom stereocenters. The maximum Gasteiger partial charge on any atom is 0.246 e. The van der Waals surface area contributed by atoms with Gasteiger partial charge >= 0.3 is 0 Å². The van der Waals surface area contributed by atoms with Crippen molar-refractivity contribution in [2.24, 2.45) is 5.92 Å². The molecular weight excluding hydrogens is 423 g/mol. The first-order valence-electron chi connectivity index (χ1n) is 9.94. The molecule has 2 saturated heterocycles. The van der Waals surface area contributed by atoms with Gasteiger partial charge in [-0.15, -0.1) is 0 Å². The third-order valence-corrected chi connectivity index (χ3v) is 7.83. The summed E-state index contributed by atoms with van der Waals surface area (Å²) in [6, 6.07) is 0.738. The van der Waals surface area contributed by atoms with Gasteiger partial charge in [-0.3, -0.25) is 9.59 Å². The van der Waals surface area contributed by atoms with Crippen molar-refractivity contribution in [1.29, 1.82) is 0 Å². The molecule has 2 heterocycles. The molecule has 3 fully saturated rings. The lowest BCUT2D eigenvalue weighted by Gasteiger charge is -2.36. The average Bonchev–Trinajstić information content (AvgIpc) is 3.47. The van der Waals surface area contributed by atoms with Crippen molar-refractivity contribution >= 4 is 21.8 Å². The topological polar surface area (TPSA) is 78.0 Å². The zero-order chi connectivity index (χ0) is 21.6. The summed E-state index contributed by atoms with van der Waals surface area (Å²) in [5, 5.41) is 0. The van der Waals surface area contributed by atoms with E-state index >= 15 is 0 Å². The molecule has 0 spiro atoms. The van der Waals surface area contributed by atoms with Gasteiger partial charge in [-0.05, 0) is 37.8 Å². The Balaban J connectivity index is 1.43. The van der Waals surface area contributed by atoms with E-state index in [4.69, 9.17) is 0 Å². The Morgan fingerprint density at radius 1 is 0.867 bits per heavy atom. The summed E-state index contributed by atoms with van der Waals surface area (Å²) in [6.45, 7) is 0.498. The van der Waals surface area contributed by atoms with E-state index in [1.54, 1.807) is 4.90 Å². The molecule has 1 unspecified atom stereocenters. The second-order valence-corrected chi connectivity index (χ2v) is 9.77. The lowest BCUT2D eigenvalue weighted by atomic mass is 10.1. The van der Waals surface area contributed by atoms with E-state index in [2.05, 4.69) is 0 Å². The van der Waals surface area contributed by atoms with Crippen LogP contribution in [0.1, 0.15) is 25.7 Å². The number of hydrogen-bond acceptors (Lipinski definition) is 4. The molecule has 1 aliphatic carbocycles. The zero-order valence-electron chi connectivity index (χ0n) is 16.2. The van der Waals surface area contributed by atoms with E-state index in [1.807, 2.05) is 0 Å². The van der Waals surface area contributed by atoms with Gasteiger partial charge in [-0.1, -0.05) is 0 Å². The maximum atomic E-state index is 14.0. The number of benzene rings is 1. The van der Waals surface area contributed by atoms with Crippen LogP contribution in [-0.2, 0) is 19.6 Å². The highest BCUT2D eigenvalue weighted by Crippen LogP contribution is 2.34. The van der Waals surface area contributed by atoms with Crippen LogP contribution >= 0.6 is 0 Å².